The number of carboxylic acids is 1. The third kappa shape index (κ3) is 6.33. The number of carbonyl (C=O) groups is 2. The van der Waals surface area contributed by atoms with Gasteiger partial charge in [0.1, 0.15) is 6.61 Å². The number of rotatable bonds is 10. The average molecular weight is 338 g/mol. The van der Waals surface area contributed by atoms with E-state index in [1.807, 2.05) is 13.8 Å². The SMILES string of the molecule is CC(C)CC(CC(=O)O)[C@H](N)C(=O)c1ccc(CO[N+](=O)[O-])cc1. The Morgan fingerprint density at radius 3 is 2.33 bits per heavy atom. The van der Waals surface area contributed by atoms with E-state index in [-0.39, 0.29) is 24.7 Å². The zero-order valence-electron chi connectivity index (χ0n) is 13.7. The van der Waals surface area contributed by atoms with E-state index in [0.717, 1.165) is 0 Å². The third-order valence-corrected chi connectivity index (χ3v) is 3.60. The molecular weight excluding hydrogens is 316 g/mol. The topological polar surface area (TPSA) is 133 Å². The molecule has 2 atom stereocenters. The second-order valence-corrected chi connectivity index (χ2v) is 6.07. The summed E-state index contributed by atoms with van der Waals surface area (Å²) in [6.07, 6.45) is 0.369. The highest BCUT2D eigenvalue weighted by Gasteiger charge is 2.28. The van der Waals surface area contributed by atoms with Crippen molar-refractivity contribution in [2.75, 3.05) is 0 Å². The van der Waals surface area contributed by atoms with Crippen molar-refractivity contribution in [2.45, 2.75) is 39.3 Å². The van der Waals surface area contributed by atoms with Crippen molar-refractivity contribution in [3.63, 3.8) is 0 Å². The van der Waals surface area contributed by atoms with Crippen LogP contribution in [0.5, 0.6) is 0 Å². The molecule has 3 N–H and O–H groups in total. The zero-order chi connectivity index (χ0) is 18.3. The molecule has 0 aliphatic carbocycles. The van der Waals surface area contributed by atoms with Crippen LogP contribution >= 0.6 is 0 Å². The first-order valence-corrected chi connectivity index (χ1v) is 7.58. The number of benzene rings is 1. The van der Waals surface area contributed by atoms with Crippen LogP contribution < -0.4 is 5.73 Å². The predicted octanol–water partition coefficient (Wildman–Crippen LogP) is 2.04. The molecule has 8 heteroatoms. The average Bonchev–Trinajstić information content (AvgIpc) is 2.50. The summed E-state index contributed by atoms with van der Waals surface area (Å²) in [4.78, 5) is 37.9. The van der Waals surface area contributed by atoms with Gasteiger partial charge in [-0.1, -0.05) is 38.1 Å². The molecule has 8 nitrogen and oxygen atoms in total. The molecule has 0 bridgehead atoms. The van der Waals surface area contributed by atoms with Gasteiger partial charge in [0.15, 0.2) is 5.78 Å². The Morgan fingerprint density at radius 2 is 1.88 bits per heavy atom. The Bertz CT molecular complexity index is 585. The molecule has 132 valence electrons. The normalized spacial score (nSPS) is 13.3. The molecule has 24 heavy (non-hydrogen) atoms. The van der Waals surface area contributed by atoms with Crippen molar-refractivity contribution < 1.29 is 24.6 Å². The molecule has 0 heterocycles. The minimum Gasteiger partial charge on any atom is -0.481 e. The number of hydrogen-bond donors (Lipinski definition) is 2. The first-order valence-electron chi connectivity index (χ1n) is 7.58. The molecule has 0 aliphatic heterocycles. The molecule has 0 saturated heterocycles. The van der Waals surface area contributed by atoms with Crippen molar-refractivity contribution in [1.29, 1.82) is 0 Å². The molecule has 0 saturated carbocycles. The lowest BCUT2D eigenvalue weighted by atomic mass is 9.84. The number of Topliss-reactive ketones (excluding diaryl/α,β-unsaturated/α-hetero) is 1. The highest BCUT2D eigenvalue weighted by Crippen LogP contribution is 2.21. The van der Waals surface area contributed by atoms with E-state index in [1.165, 1.54) is 24.3 Å². The van der Waals surface area contributed by atoms with E-state index < -0.39 is 23.0 Å². The van der Waals surface area contributed by atoms with Crippen molar-refractivity contribution in [3.8, 4) is 0 Å². The van der Waals surface area contributed by atoms with Gasteiger partial charge >= 0.3 is 5.97 Å². The number of ketones is 1. The number of carbonyl (C=O) groups excluding carboxylic acids is 1. The largest absolute Gasteiger partial charge is 0.481 e. The van der Waals surface area contributed by atoms with Crippen molar-refractivity contribution in [1.82, 2.24) is 0 Å². The lowest BCUT2D eigenvalue weighted by molar-refractivity contribution is -0.763. The van der Waals surface area contributed by atoms with Crippen LogP contribution in [-0.2, 0) is 16.2 Å². The summed E-state index contributed by atoms with van der Waals surface area (Å²) in [5.41, 5.74) is 6.88. The number of hydrogen-bond acceptors (Lipinski definition) is 6. The van der Waals surface area contributed by atoms with Gasteiger partial charge in [-0.3, -0.25) is 9.59 Å². The molecule has 0 aromatic heterocycles. The van der Waals surface area contributed by atoms with E-state index in [0.29, 0.717) is 17.5 Å². The van der Waals surface area contributed by atoms with Crippen LogP contribution in [0, 0.1) is 22.0 Å². The fourth-order valence-corrected chi connectivity index (χ4v) is 2.49. The van der Waals surface area contributed by atoms with E-state index in [2.05, 4.69) is 4.84 Å². The van der Waals surface area contributed by atoms with Gasteiger partial charge in [0, 0.05) is 5.56 Å². The van der Waals surface area contributed by atoms with Crippen molar-refractivity contribution in [2.24, 2.45) is 17.6 Å². The lowest BCUT2D eigenvalue weighted by Crippen LogP contribution is -2.40. The van der Waals surface area contributed by atoms with Gasteiger partial charge in [0.2, 0.25) is 0 Å². The van der Waals surface area contributed by atoms with Gasteiger partial charge in [-0.2, -0.15) is 0 Å². The Kier molecular flexibility index (Phi) is 7.31. The van der Waals surface area contributed by atoms with Gasteiger partial charge in [0.25, 0.3) is 5.09 Å². The van der Waals surface area contributed by atoms with Gasteiger partial charge in [-0.25, -0.2) is 0 Å². The number of carboxylic acid groups (broad SMARTS) is 1. The molecule has 0 aliphatic rings. The molecule has 1 unspecified atom stereocenters. The second-order valence-electron chi connectivity index (χ2n) is 6.07. The van der Waals surface area contributed by atoms with Crippen LogP contribution in [0.1, 0.15) is 42.6 Å². The summed E-state index contributed by atoms with van der Waals surface area (Å²) in [7, 11) is 0. The van der Waals surface area contributed by atoms with Crippen LogP contribution in [0.25, 0.3) is 0 Å². The molecule has 0 amide bonds. The highest BCUT2D eigenvalue weighted by molar-refractivity contribution is 6.00. The molecule has 0 spiro atoms. The summed E-state index contributed by atoms with van der Waals surface area (Å²) >= 11 is 0. The standard InChI is InChI=1S/C16H22N2O6/c1-10(2)7-13(8-14(19)20)15(17)16(21)12-5-3-11(4-6-12)9-24-18(22)23/h3-6,10,13,15H,7-9,17H2,1-2H3,(H,19,20)/t13?,15-/m0/s1. The maximum absolute atomic E-state index is 12.5. The van der Waals surface area contributed by atoms with Crippen molar-refractivity contribution in [3.05, 3.63) is 45.5 Å². The molecular formula is C16H22N2O6. The molecule has 1 aromatic carbocycles. The summed E-state index contributed by atoms with van der Waals surface area (Å²) in [5, 5.41) is 18.3. The van der Waals surface area contributed by atoms with E-state index >= 15 is 0 Å². The summed E-state index contributed by atoms with van der Waals surface area (Å²) in [6, 6.07) is 5.18. The monoisotopic (exact) mass is 338 g/mol. The van der Waals surface area contributed by atoms with Crippen LogP contribution in [0.4, 0.5) is 0 Å². The van der Waals surface area contributed by atoms with Crippen molar-refractivity contribution >= 4 is 11.8 Å². The molecule has 1 aromatic rings. The van der Waals surface area contributed by atoms with Gasteiger partial charge < -0.3 is 15.7 Å². The van der Waals surface area contributed by atoms with Crippen LogP contribution in [0.15, 0.2) is 24.3 Å². The minimum atomic E-state index is -0.990. The van der Waals surface area contributed by atoms with Crippen LogP contribution in [0.3, 0.4) is 0 Å². The number of aliphatic carboxylic acids is 1. The quantitative estimate of drug-likeness (QED) is 0.379. The summed E-state index contributed by atoms with van der Waals surface area (Å²) in [5.74, 6) is -1.57. The fourth-order valence-electron chi connectivity index (χ4n) is 2.49. The third-order valence-electron chi connectivity index (χ3n) is 3.60. The Morgan fingerprint density at radius 1 is 1.29 bits per heavy atom. The smallest absolute Gasteiger partial charge is 0.303 e. The van der Waals surface area contributed by atoms with Gasteiger partial charge in [0.05, 0.1) is 12.5 Å². The first-order chi connectivity index (χ1) is 11.2. The summed E-state index contributed by atoms with van der Waals surface area (Å²) < 4.78 is 0. The van der Waals surface area contributed by atoms with E-state index in [9.17, 15) is 19.7 Å². The second kappa shape index (κ2) is 8.97. The summed E-state index contributed by atoms with van der Waals surface area (Å²) in [6.45, 7) is 3.68. The predicted molar refractivity (Wildman–Crippen MR) is 85.7 cm³/mol. The Labute approximate surface area is 139 Å². The number of nitrogens with zero attached hydrogens (tertiary/aromatic N) is 1. The number of nitrogens with two attached hydrogens (primary N) is 1. The van der Waals surface area contributed by atoms with Gasteiger partial charge in [-0.05, 0) is 23.8 Å². The highest BCUT2D eigenvalue weighted by atomic mass is 16.9. The first kappa shape index (κ1) is 19.6. The lowest BCUT2D eigenvalue weighted by Gasteiger charge is -2.23. The fraction of sp³-hybridized carbons (Fsp3) is 0.500. The Balaban J connectivity index is 2.81. The van der Waals surface area contributed by atoms with Crippen LogP contribution in [-0.4, -0.2) is 28.0 Å². The Hall–Kier alpha value is -2.48. The minimum absolute atomic E-state index is 0.167. The molecule has 0 fully saturated rings. The van der Waals surface area contributed by atoms with E-state index in [1.54, 1.807) is 0 Å². The van der Waals surface area contributed by atoms with Crippen LogP contribution in [0.2, 0.25) is 0 Å². The maximum Gasteiger partial charge on any atom is 0.303 e. The van der Waals surface area contributed by atoms with E-state index in [4.69, 9.17) is 10.8 Å². The van der Waals surface area contributed by atoms with Gasteiger partial charge in [-0.15, -0.1) is 10.1 Å². The zero-order valence-corrected chi connectivity index (χ0v) is 13.7. The maximum atomic E-state index is 12.5. The molecule has 0 radical (unpaired) electrons. The molecule has 1 rings (SSSR count).